The number of hydrazine groups is 1. The Morgan fingerprint density at radius 1 is 1.44 bits per heavy atom. The maximum absolute atomic E-state index is 5.53. The van der Waals surface area contributed by atoms with Crippen molar-refractivity contribution in [1.29, 1.82) is 0 Å². The molecule has 1 aromatic carbocycles. The summed E-state index contributed by atoms with van der Waals surface area (Å²) >= 11 is 0. The van der Waals surface area contributed by atoms with Gasteiger partial charge >= 0.3 is 0 Å². The third-order valence-corrected chi connectivity index (χ3v) is 3.08. The van der Waals surface area contributed by atoms with Crippen LogP contribution in [0.3, 0.4) is 0 Å². The molecule has 0 saturated carbocycles. The number of nitrogens with zero attached hydrogens (tertiary/aromatic N) is 2. The van der Waals surface area contributed by atoms with Crippen molar-refractivity contribution in [2.75, 3.05) is 13.7 Å². The summed E-state index contributed by atoms with van der Waals surface area (Å²) in [7, 11) is 1.67. The van der Waals surface area contributed by atoms with Gasteiger partial charge in [-0.25, -0.2) is 4.98 Å². The highest BCUT2D eigenvalue weighted by Crippen LogP contribution is 2.16. The molecule has 0 amide bonds. The second-order valence-corrected chi connectivity index (χ2v) is 4.28. The van der Waals surface area contributed by atoms with E-state index in [1.807, 2.05) is 18.2 Å². The van der Waals surface area contributed by atoms with Crippen molar-refractivity contribution in [3.63, 3.8) is 0 Å². The van der Waals surface area contributed by atoms with Crippen LogP contribution < -0.4 is 11.3 Å². The Balaban J connectivity index is 2.32. The second-order valence-electron chi connectivity index (χ2n) is 4.28. The normalized spacial score (nSPS) is 13.1. The molecule has 0 aliphatic carbocycles. The Morgan fingerprint density at radius 3 is 2.89 bits per heavy atom. The Morgan fingerprint density at radius 2 is 2.22 bits per heavy atom. The molecule has 0 bridgehead atoms. The SMILES string of the molecule is CCn1c(CC(COC)NN)nc2ccccc21. The van der Waals surface area contributed by atoms with Gasteiger partial charge in [0.2, 0.25) is 0 Å². The van der Waals surface area contributed by atoms with Crippen molar-refractivity contribution >= 4 is 11.0 Å². The van der Waals surface area contributed by atoms with E-state index in [-0.39, 0.29) is 6.04 Å². The minimum Gasteiger partial charge on any atom is -0.383 e. The number of rotatable bonds is 6. The van der Waals surface area contributed by atoms with E-state index >= 15 is 0 Å². The van der Waals surface area contributed by atoms with E-state index in [0.717, 1.165) is 24.3 Å². The van der Waals surface area contributed by atoms with Gasteiger partial charge in [-0.2, -0.15) is 0 Å². The number of fused-ring (bicyclic) bond motifs is 1. The van der Waals surface area contributed by atoms with E-state index in [2.05, 4.69) is 28.0 Å². The lowest BCUT2D eigenvalue weighted by molar-refractivity contribution is 0.165. The number of imidazole rings is 1. The highest BCUT2D eigenvalue weighted by atomic mass is 16.5. The lowest BCUT2D eigenvalue weighted by Gasteiger charge is -2.15. The van der Waals surface area contributed by atoms with Gasteiger partial charge in [0.25, 0.3) is 0 Å². The summed E-state index contributed by atoms with van der Waals surface area (Å²) in [5.74, 6) is 6.57. The molecule has 2 aromatic rings. The van der Waals surface area contributed by atoms with Crippen LogP contribution in [0.4, 0.5) is 0 Å². The summed E-state index contributed by atoms with van der Waals surface area (Å²) in [6.45, 7) is 3.60. The number of para-hydroxylation sites is 2. The Labute approximate surface area is 107 Å². The first kappa shape index (κ1) is 13.0. The van der Waals surface area contributed by atoms with Crippen molar-refractivity contribution < 1.29 is 4.74 Å². The fourth-order valence-corrected chi connectivity index (χ4v) is 2.22. The van der Waals surface area contributed by atoms with Gasteiger partial charge in [-0.3, -0.25) is 11.3 Å². The third-order valence-electron chi connectivity index (χ3n) is 3.08. The number of nitrogens with one attached hydrogen (secondary N) is 1. The smallest absolute Gasteiger partial charge is 0.111 e. The molecule has 0 saturated heterocycles. The largest absolute Gasteiger partial charge is 0.383 e. The molecule has 18 heavy (non-hydrogen) atoms. The van der Waals surface area contributed by atoms with Crippen LogP contribution in [0, 0.1) is 0 Å². The molecule has 98 valence electrons. The van der Waals surface area contributed by atoms with E-state index in [1.54, 1.807) is 7.11 Å². The lowest BCUT2D eigenvalue weighted by atomic mass is 10.2. The zero-order valence-electron chi connectivity index (χ0n) is 10.9. The van der Waals surface area contributed by atoms with Crippen LogP contribution in [0.1, 0.15) is 12.7 Å². The molecule has 1 aromatic heterocycles. The zero-order valence-corrected chi connectivity index (χ0v) is 10.9. The first-order chi connectivity index (χ1) is 8.80. The Kier molecular flexibility index (Phi) is 4.30. The van der Waals surface area contributed by atoms with Crippen molar-refractivity contribution in [3.05, 3.63) is 30.1 Å². The molecular weight excluding hydrogens is 228 g/mol. The van der Waals surface area contributed by atoms with Crippen molar-refractivity contribution in [2.24, 2.45) is 5.84 Å². The Hall–Kier alpha value is -1.43. The molecular formula is C13H20N4O. The van der Waals surface area contributed by atoms with Crippen LogP contribution in [-0.2, 0) is 17.7 Å². The number of benzene rings is 1. The molecule has 5 heteroatoms. The molecule has 3 N–H and O–H groups in total. The zero-order chi connectivity index (χ0) is 13.0. The molecule has 0 aliphatic rings. The van der Waals surface area contributed by atoms with Gasteiger partial charge in [0.15, 0.2) is 0 Å². The summed E-state index contributed by atoms with van der Waals surface area (Å²) in [6.07, 6.45) is 0.757. The molecule has 2 rings (SSSR count). The lowest BCUT2D eigenvalue weighted by Crippen LogP contribution is -2.40. The standard InChI is InChI=1S/C13H20N4O/c1-3-17-12-7-5-4-6-11(12)15-13(17)8-10(16-14)9-18-2/h4-7,10,16H,3,8-9,14H2,1-2H3. The summed E-state index contributed by atoms with van der Waals surface area (Å²) in [5, 5.41) is 0. The molecule has 0 aliphatic heterocycles. The van der Waals surface area contributed by atoms with Crippen LogP contribution in [-0.4, -0.2) is 29.3 Å². The van der Waals surface area contributed by atoms with Crippen LogP contribution >= 0.6 is 0 Å². The molecule has 5 nitrogen and oxygen atoms in total. The van der Waals surface area contributed by atoms with Crippen LogP contribution in [0.5, 0.6) is 0 Å². The summed E-state index contributed by atoms with van der Waals surface area (Å²) in [4.78, 5) is 4.67. The van der Waals surface area contributed by atoms with Crippen molar-refractivity contribution in [1.82, 2.24) is 15.0 Å². The average molecular weight is 248 g/mol. The summed E-state index contributed by atoms with van der Waals surface area (Å²) in [6, 6.07) is 8.25. The van der Waals surface area contributed by atoms with E-state index < -0.39 is 0 Å². The molecule has 1 atom stereocenters. The predicted octanol–water partition coefficient (Wildman–Crippen LogP) is 1.08. The number of hydrogen-bond donors (Lipinski definition) is 2. The molecule has 0 radical (unpaired) electrons. The van der Waals surface area contributed by atoms with Gasteiger partial charge in [0.1, 0.15) is 5.82 Å². The monoisotopic (exact) mass is 248 g/mol. The quantitative estimate of drug-likeness (QED) is 0.593. The second kappa shape index (κ2) is 5.95. The number of aromatic nitrogens is 2. The molecule has 0 fully saturated rings. The first-order valence-corrected chi connectivity index (χ1v) is 6.19. The van der Waals surface area contributed by atoms with Gasteiger partial charge in [0, 0.05) is 20.1 Å². The third kappa shape index (κ3) is 2.53. The molecule has 1 heterocycles. The van der Waals surface area contributed by atoms with E-state index in [1.165, 1.54) is 5.52 Å². The van der Waals surface area contributed by atoms with Gasteiger partial charge in [-0.05, 0) is 19.1 Å². The van der Waals surface area contributed by atoms with E-state index in [4.69, 9.17) is 10.6 Å². The number of aryl methyl sites for hydroxylation is 1. The minimum absolute atomic E-state index is 0.0807. The fourth-order valence-electron chi connectivity index (χ4n) is 2.22. The van der Waals surface area contributed by atoms with Gasteiger partial charge in [-0.1, -0.05) is 12.1 Å². The summed E-state index contributed by atoms with van der Waals surface area (Å²) < 4.78 is 7.35. The number of hydrogen-bond acceptors (Lipinski definition) is 4. The number of ether oxygens (including phenoxy) is 1. The number of nitrogens with two attached hydrogens (primary N) is 1. The van der Waals surface area contributed by atoms with Gasteiger partial charge in [0.05, 0.1) is 23.7 Å². The Bertz CT molecular complexity index is 509. The van der Waals surface area contributed by atoms with Crippen molar-refractivity contribution in [2.45, 2.75) is 25.9 Å². The van der Waals surface area contributed by atoms with Crippen molar-refractivity contribution in [3.8, 4) is 0 Å². The first-order valence-electron chi connectivity index (χ1n) is 6.19. The highest BCUT2D eigenvalue weighted by Gasteiger charge is 2.14. The fraction of sp³-hybridized carbons (Fsp3) is 0.462. The van der Waals surface area contributed by atoms with Crippen LogP contribution in [0.2, 0.25) is 0 Å². The van der Waals surface area contributed by atoms with E-state index in [0.29, 0.717) is 6.61 Å². The van der Waals surface area contributed by atoms with Gasteiger partial charge in [-0.15, -0.1) is 0 Å². The van der Waals surface area contributed by atoms with Crippen LogP contribution in [0.15, 0.2) is 24.3 Å². The minimum atomic E-state index is 0.0807. The maximum atomic E-state index is 5.53. The summed E-state index contributed by atoms with van der Waals surface area (Å²) in [5.41, 5.74) is 4.97. The van der Waals surface area contributed by atoms with E-state index in [9.17, 15) is 0 Å². The average Bonchev–Trinajstić information content (AvgIpc) is 2.75. The maximum Gasteiger partial charge on any atom is 0.111 e. The molecule has 0 spiro atoms. The van der Waals surface area contributed by atoms with Crippen LogP contribution in [0.25, 0.3) is 11.0 Å². The van der Waals surface area contributed by atoms with Gasteiger partial charge < -0.3 is 9.30 Å². The number of methoxy groups -OCH3 is 1. The highest BCUT2D eigenvalue weighted by molar-refractivity contribution is 5.75. The molecule has 1 unspecified atom stereocenters. The topological polar surface area (TPSA) is 65.1 Å². The predicted molar refractivity (Wildman–Crippen MR) is 72.1 cm³/mol.